The van der Waals surface area contributed by atoms with Crippen molar-refractivity contribution in [3.8, 4) is 0 Å². The monoisotopic (exact) mass is 406 g/mol. The minimum absolute atomic E-state index is 0.113. The van der Waals surface area contributed by atoms with Crippen molar-refractivity contribution in [3.05, 3.63) is 82.5 Å². The van der Waals surface area contributed by atoms with E-state index in [1.807, 2.05) is 6.07 Å². The normalized spacial score (nSPS) is 14.6. The molecule has 7 nitrogen and oxygen atoms in total. The zero-order chi connectivity index (χ0) is 20.8. The van der Waals surface area contributed by atoms with Crippen LogP contribution >= 0.6 is 0 Å². The largest absolute Gasteiger partial charge is 0.467 e. The molecule has 0 aliphatic carbocycles. The second-order valence-electron chi connectivity index (χ2n) is 7.66. The fourth-order valence-electron chi connectivity index (χ4n) is 3.82. The summed E-state index contributed by atoms with van der Waals surface area (Å²) in [5.41, 5.74) is 1.09. The molecule has 1 aliphatic heterocycles. The number of carbonyl (C=O) groups is 1. The summed E-state index contributed by atoms with van der Waals surface area (Å²) in [7, 11) is 0. The summed E-state index contributed by atoms with van der Waals surface area (Å²) in [6.45, 7) is 1.97. The second-order valence-corrected chi connectivity index (χ2v) is 7.66. The molecule has 1 amide bonds. The van der Waals surface area contributed by atoms with E-state index >= 15 is 0 Å². The number of piperidine rings is 1. The number of hydrogen-bond donors (Lipinski definition) is 1. The summed E-state index contributed by atoms with van der Waals surface area (Å²) >= 11 is 0. The summed E-state index contributed by atoms with van der Waals surface area (Å²) < 4.78 is 6.42. The van der Waals surface area contributed by atoms with Crippen LogP contribution in [0.15, 0.2) is 70.1 Å². The molecule has 156 valence electrons. The highest BCUT2D eigenvalue weighted by atomic mass is 16.3. The lowest BCUT2D eigenvalue weighted by Gasteiger charge is -2.33. The number of amides is 1. The van der Waals surface area contributed by atoms with Crippen molar-refractivity contribution >= 4 is 11.7 Å². The van der Waals surface area contributed by atoms with Gasteiger partial charge in [-0.15, -0.1) is 0 Å². The average molecular weight is 406 g/mol. The molecule has 4 rings (SSSR count). The number of hydrogen-bond acceptors (Lipinski definition) is 5. The van der Waals surface area contributed by atoms with Crippen LogP contribution in [0.4, 0.5) is 5.82 Å². The molecule has 7 heteroatoms. The maximum Gasteiger partial charge on any atom is 0.267 e. The summed E-state index contributed by atoms with van der Waals surface area (Å²) in [4.78, 5) is 26.6. The quantitative estimate of drug-likeness (QED) is 0.652. The van der Waals surface area contributed by atoms with Gasteiger partial charge >= 0.3 is 0 Å². The van der Waals surface area contributed by atoms with E-state index in [0.717, 1.165) is 38.2 Å². The third-order valence-corrected chi connectivity index (χ3v) is 5.49. The summed E-state index contributed by atoms with van der Waals surface area (Å²) in [5, 5.41) is 7.18. The van der Waals surface area contributed by atoms with E-state index in [1.54, 1.807) is 24.5 Å². The van der Waals surface area contributed by atoms with Crippen LogP contribution in [0, 0.1) is 5.92 Å². The Kier molecular flexibility index (Phi) is 6.27. The molecule has 2 aromatic heterocycles. The Balaban J connectivity index is 1.32. The number of aromatic nitrogens is 2. The van der Waals surface area contributed by atoms with Crippen molar-refractivity contribution in [2.24, 2.45) is 5.92 Å². The van der Waals surface area contributed by atoms with E-state index in [-0.39, 0.29) is 24.6 Å². The molecule has 0 saturated carbocycles. The van der Waals surface area contributed by atoms with E-state index in [1.165, 1.54) is 16.3 Å². The number of benzene rings is 1. The van der Waals surface area contributed by atoms with Crippen LogP contribution < -0.4 is 15.8 Å². The molecule has 1 saturated heterocycles. The Labute approximate surface area is 175 Å². The van der Waals surface area contributed by atoms with Crippen LogP contribution in [0.1, 0.15) is 24.2 Å². The van der Waals surface area contributed by atoms with Gasteiger partial charge in [-0.3, -0.25) is 9.59 Å². The van der Waals surface area contributed by atoms with Crippen molar-refractivity contribution in [2.45, 2.75) is 32.4 Å². The molecule has 1 aromatic carbocycles. The fraction of sp³-hybridized carbons (Fsp3) is 0.348. The Bertz CT molecular complexity index is 1010. The van der Waals surface area contributed by atoms with Crippen molar-refractivity contribution in [1.29, 1.82) is 0 Å². The smallest absolute Gasteiger partial charge is 0.267 e. The number of carbonyl (C=O) groups excluding carboxylic acids is 1. The first kappa shape index (κ1) is 19.9. The molecule has 30 heavy (non-hydrogen) atoms. The van der Waals surface area contributed by atoms with Crippen molar-refractivity contribution in [3.63, 3.8) is 0 Å². The Morgan fingerprint density at radius 3 is 2.60 bits per heavy atom. The summed E-state index contributed by atoms with van der Waals surface area (Å²) in [5.74, 6) is 1.78. The lowest BCUT2D eigenvalue weighted by molar-refractivity contribution is -0.122. The summed E-state index contributed by atoms with van der Waals surface area (Å²) in [6.07, 6.45) is 4.82. The fourth-order valence-corrected chi connectivity index (χ4v) is 3.82. The lowest BCUT2D eigenvalue weighted by atomic mass is 9.90. The van der Waals surface area contributed by atoms with Gasteiger partial charge in [0.15, 0.2) is 0 Å². The van der Waals surface area contributed by atoms with Crippen LogP contribution in [0.2, 0.25) is 0 Å². The molecule has 1 N–H and O–H groups in total. The van der Waals surface area contributed by atoms with Gasteiger partial charge in [0, 0.05) is 19.2 Å². The minimum Gasteiger partial charge on any atom is -0.467 e. The standard InChI is InChI=1S/C23H26N4O3/c28-22(24-16-20-7-4-14-30-20)17-27-23(29)9-8-21(25-27)26-12-10-19(11-13-26)15-18-5-2-1-3-6-18/h1-9,14,19H,10-13,15-17H2,(H,24,28). The van der Waals surface area contributed by atoms with Crippen LogP contribution in [0.25, 0.3) is 0 Å². The third-order valence-electron chi connectivity index (χ3n) is 5.49. The molecular formula is C23H26N4O3. The molecular weight excluding hydrogens is 380 g/mol. The van der Waals surface area contributed by atoms with E-state index < -0.39 is 0 Å². The van der Waals surface area contributed by atoms with Crippen molar-refractivity contribution in [1.82, 2.24) is 15.1 Å². The minimum atomic E-state index is -0.286. The van der Waals surface area contributed by atoms with Crippen LogP contribution in [0.5, 0.6) is 0 Å². The Morgan fingerprint density at radius 2 is 1.87 bits per heavy atom. The number of nitrogens with zero attached hydrogens (tertiary/aromatic N) is 3. The first-order chi connectivity index (χ1) is 14.7. The topological polar surface area (TPSA) is 80.4 Å². The van der Waals surface area contributed by atoms with Crippen molar-refractivity contribution in [2.75, 3.05) is 18.0 Å². The van der Waals surface area contributed by atoms with E-state index in [0.29, 0.717) is 11.7 Å². The highest BCUT2D eigenvalue weighted by molar-refractivity contribution is 5.75. The van der Waals surface area contributed by atoms with Gasteiger partial charge in [0.25, 0.3) is 5.56 Å². The van der Waals surface area contributed by atoms with Crippen molar-refractivity contribution < 1.29 is 9.21 Å². The number of nitrogens with one attached hydrogen (secondary N) is 1. The zero-order valence-corrected chi connectivity index (χ0v) is 16.9. The summed E-state index contributed by atoms with van der Waals surface area (Å²) in [6, 6.07) is 17.4. The van der Waals surface area contributed by atoms with E-state index in [2.05, 4.69) is 39.6 Å². The third kappa shape index (κ3) is 5.17. The molecule has 0 spiro atoms. The maximum atomic E-state index is 12.2. The molecule has 3 heterocycles. The van der Waals surface area contributed by atoms with Gasteiger partial charge in [0.05, 0.1) is 12.8 Å². The predicted octanol–water partition coefficient (Wildman–Crippen LogP) is 2.61. The highest BCUT2D eigenvalue weighted by Crippen LogP contribution is 2.24. The average Bonchev–Trinajstić information content (AvgIpc) is 3.29. The molecule has 0 unspecified atom stereocenters. The molecule has 3 aromatic rings. The van der Waals surface area contributed by atoms with Gasteiger partial charge in [-0.2, -0.15) is 5.10 Å². The predicted molar refractivity (Wildman–Crippen MR) is 114 cm³/mol. The lowest BCUT2D eigenvalue weighted by Crippen LogP contribution is -2.38. The first-order valence-corrected chi connectivity index (χ1v) is 10.3. The van der Waals surface area contributed by atoms with Gasteiger partial charge in [-0.25, -0.2) is 4.68 Å². The van der Waals surface area contributed by atoms with Gasteiger partial charge in [-0.05, 0) is 48.9 Å². The second kappa shape index (κ2) is 9.43. The van der Waals surface area contributed by atoms with Gasteiger partial charge in [0.1, 0.15) is 18.1 Å². The van der Waals surface area contributed by atoms with Gasteiger partial charge in [0.2, 0.25) is 5.91 Å². The Hall–Kier alpha value is -3.35. The number of furan rings is 1. The van der Waals surface area contributed by atoms with Crippen LogP contribution in [-0.4, -0.2) is 28.8 Å². The van der Waals surface area contributed by atoms with Gasteiger partial charge in [-0.1, -0.05) is 30.3 Å². The SMILES string of the molecule is O=C(Cn1nc(N2CCC(Cc3ccccc3)CC2)ccc1=O)NCc1ccco1. The molecule has 0 bridgehead atoms. The number of anilines is 1. The highest BCUT2D eigenvalue weighted by Gasteiger charge is 2.21. The molecule has 1 aliphatic rings. The number of rotatable bonds is 7. The molecule has 0 atom stereocenters. The van der Waals surface area contributed by atoms with Crippen LogP contribution in [0.3, 0.4) is 0 Å². The molecule has 1 fully saturated rings. The molecule has 0 radical (unpaired) electrons. The van der Waals surface area contributed by atoms with Gasteiger partial charge < -0.3 is 14.6 Å². The first-order valence-electron chi connectivity index (χ1n) is 10.3. The van der Waals surface area contributed by atoms with E-state index in [4.69, 9.17) is 4.42 Å². The maximum absolute atomic E-state index is 12.2. The zero-order valence-electron chi connectivity index (χ0n) is 16.9. The van der Waals surface area contributed by atoms with E-state index in [9.17, 15) is 9.59 Å². The van der Waals surface area contributed by atoms with Crippen LogP contribution in [-0.2, 0) is 24.3 Å². The Morgan fingerprint density at radius 1 is 1.07 bits per heavy atom.